The molecule has 0 saturated carbocycles. The summed E-state index contributed by atoms with van der Waals surface area (Å²) in [5, 5.41) is 40.3. The molecule has 9 heteroatoms. The van der Waals surface area contributed by atoms with Gasteiger partial charge in [0, 0.05) is 13.0 Å². The van der Waals surface area contributed by atoms with Gasteiger partial charge in [0.15, 0.2) is 6.29 Å². The molecule has 1 aliphatic rings. The number of rotatable bonds is 52. The average molecular weight is 942 g/mol. The van der Waals surface area contributed by atoms with Crippen molar-refractivity contribution in [2.75, 3.05) is 26.4 Å². The summed E-state index contributed by atoms with van der Waals surface area (Å²) in [6, 6.07) is 0. The van der Waals surface area contributed by atoms with E-state index in [-0.39, 0.29) is 19.2 Å². The van der Waals surface area contributed by atoms with Crippen molar-refractivity contribution in [1.29, 1.82) is 0 Å². The summed E-state index contributed by atoms with van der Waals surface area (Å²) in [5.41, 5.74) is 0. The van der Waals surface area contributed by atoms with Crippen molar-refractivity contribution in [3.63, 3.8) is 0 Å². The number of hydrogen-bond donors (Lipinski definition) is 4. The fraction of sp³-hybridized carbons (Fsp3) is 0.982. The van der Waals surface area contributed by atoms with Crippen molar-refractivity contribution in [3.05, 3.63) is 0 Å². The van der Waals surface area contributed by atoms with Gasteiger partial charge in [0.1, 0.15) is 30.5 Å². The quantitative estimate of drug-likeness (QED) is 0.0347. The lowest BCUT2D eigenvalue weighted by Gasteiger charge is -2.39. The smallest absolute Gasteiger partial charge is 0.306 e. The van der Waals surface area contributed by atoms with Gasteiger partial charge < -0.3 is 39.4 Å². The standard InChI is InChI=1S/C57H112O9/c1-3-5-7-9-11-13-15-17-19-21-23-25-26-27-29-31-33-35-37-39-41-43-45-47-63-49-51(50-64-57-56(62)55(61)54(60)52(48-58)66-57)65-53(59)46-44-42-40-38-36-34-32-30-28-24-22-20-18-16-14-12-10-8-6-4-2/h51-52,54-58,60-62H,3-50H2,1-2H3. The van der Waals surface area contributed by atoms with Gasteiger partial charge in [-0.15, -0.1) is 0 Å². The Balaban J connectivity index is 2.12. The van der Waals surface area contributed by atoms with Gasteiger partial charge >= 0.3 is 5.97 Å². The van der Waals surface area contributed by atoms with Gasteiger partial charge in [0.05, 0.1) is 19.8 Å². The highest BCUT2D eigenvalue weighted by Gasteiger charge is 2.44. The van der Waals surface area contributed by atoms with Crippen LogP contribution in [-0.4, -0.2) is 89.6 Å². The zero-order valence-corrected chi connectivity index (χ0v) is 43.7. The molecule has 0 aromatic heterocycles. The van der Waals surface area contributed by atoms with E-state index in [1.165, 1.54) is 244 Å². The Morgan fingerprint density at radius 2 is 0.742 bits per heavy atom. The number of aliphatic hydroxyl groups is 4. The van der Waals surface area contributed by atoms with E-state index >= 15 is 0 Å². The van der Waals surface area contributed by atoms with Crippen LogP contribution in [-0.2, 0) is 23.7 Å². The molecule has 394 valence electrons. The van der Waals surface area contributed by atoms with Crippen LogP contribution in [0.1, 0.15) is 296 Å². The summed E-state index contributed by atoms with van der Waals surface area (Å²) in [6.07, 6.45) is 50.1. The Hall–Kier alpha value is -0.810. The number of carbonyl (C=O) groups excluding carboxylic acids is 1. The van der Waals surface area contributed by atoms with Gasteiger partial charge in [-0.25, -0.2) is 0 Å². The zero-order valence-electron chi connectivity index (χ0n) is 43.7. The van der Waals surface area contributed by atoms with Crippen molar-refractivity contribution < 1.29 is 44.2 Å². The van der Waals surface area contributed by atoms with Gasteiger partial charge in [0.25, 0.3) is 0 Å². The van der Waals surface area contributed by atoms with Gasteiger partial charge in [-0.2, -0.15) is 0 Å². The molecular weight excluding hydrogens is 829 g/mol. The van der Waals surface area contributed by atoms with Gasteiger partial charge in [-0.3, -0.25) is 4.79 Å². The molecule has 0 radical (unpaired) electrons. The van der Waals surface area contributed by atoms with Crippen LogP contribution in [0, 0.1) is 0 Å². The minimum atomic E-state index is -1.53. The lowest BCUT2D eigenvalue weighted by Crippen LogP contribution is -2.59. The highest BCUT2D eigenvalue weighted by atomic mass is 16.7. The van der Waals surface area contributed by atoms with E-state index in [0.29, 0.717) is 13.0 Å². The first-order chi connectivity index (χ1) is 32.4. The Bertz CT molecular complexity index is 982. The van der Waals surface area contributed by atoms with E-state index in [4.69, 9.17) is 18.9 Å². The molecule has 1 saturated heterocycles. The molecule has 4 N–H and O–H groups in total. The van der Waals surface area contributed by atoms with E-state index in [0.717, 1.165) is 32.1 Å². The van der Waals surface area contributed by atoms with Crippen LogP contribution in [0.5, 0.6) is 0 Å². The van der Waals surface area contributed by atoms with Crippen molar-refractivity contribution in [2.24, 2.45) is 0 Å². The summed E-state index contributed by atoms with van der Waals surface area (Å²) in [4.78, 5) is 12.9. The van der Waals surface area contributed by atoms with Crippen LogP contribution in [0.25, 0.3) is 0 Å². The maximum absolute atomic E-state index is 12.9. The van der Waals surface area contributed by atoms with E-state index < -0.39 is 43.4 Å². The first kappa shape index (κ1) is 63.2. The summed E-state index contributed by atoms with van der Waals surface area (Å²) in [6.45, 7) is 4.65. The fourth-order valence-corrected chi connectivity index (χ4v) is 9.50. The minimum absolute atomic E-state index is 0.104. The third-order valence-electron chi connectivity index (χ3n) is 14.0. The van der Waals surface area contributed by atoms with Crippen molar-refractivity contribution >= 4 is 5.97 Å². The highest BCUT2D eigenvalue weighted by molar-refractivity contribution is 5.69. The molecule has 6 atom stereocenters. The topological polar surface area (TPSA) is 135 Å². The first-order valence-corrected chi connectivity index (χ1v) is 29.1. The predicted molar refractivity (Wildman–Crippen MR) is 275 cm³/mol. The largest absolute Gasteiger partial charge is 0.457 e. The second-order valence-corrected chi connectivity index (χ2v) is 20.5. The van der Waals surface area contributed by atoms with Gasteiger partial charge in [0.2, 0.25) is 0 Å². The third-order valence-corrected chi connectivity index (χ3v) is 14.0. The van der Waals surface area contributed by atoms with Crippen molar-refractivity contribution in [2.45, 2.75) is 333 Å². The molecule has 6 unspecified atom stereocenters. The normalized spacial score (nSPS) is 19.2. The van der Waals surface area contributed by atoms with Gasteiger partial charge in [-0.1, -0.05) is 277 Å². The van der Waals surface area contributed by atoms with Crippen LogP contribution < -0.4 is 0 Å². The zero-order chi connectivity index (χ0) is 47.8. The molecule has 1 aliphatic heterocycles. The molecule has 0 amide bonds. The summed E-state index contributed by atoms with van der Waals surface area (Å²) in [7, 11) is 0. The SMILES string of the molecule is CCCCCCCCCCCCCCCCCCCCCCCCCOCC(COC1OC(CO)C(O)C(O)C1O)OC(=O)CCCCCCCCCCCCCCCCCCCCCC. The first-order valence-electron chi connectivity index (χ1n) is 29.1. The number of esters is 1. The third kappa shape index (κ3) is 39.0. The predicted octanol–water partition coefficient (Wildman–Crippen LogP) is 14.9. The Labute approximate surface area is 408 Å². The van der Waals surface area contributed by atoms with E-state index in [2.05, 4.69) is 13.8 Å². The van der Waals surface area contributed by atoms with Crippen LogP contribution in [0.3, 0.4) is 0 Å². The monoisotopic (exact) mass is 941 g/mol. The summed E-state index contributed by atoms with van der Waals surface area (Å²) in [5.74, 6) is -0.303. The number of ether oxygens (including phenoxy) is 4. The molecule has 0 aromatic rings. The van der Waals surface area contributed by atoms with E-state index in [1.807, 2.05) is 0 Å². The summed E-state index contributed by atoms with van der Waals surface area (Å²) < 4.78 is 23.0. The number of aliphatic hydroxyl groups excluding tert-OH is 4. The van der Waals surface area contributed by atoms with Crippen LogP contribution in [0.2, 0.25) is 0 Å². The lowest BCUT2D eigenvalue weighted by atomic mass is 9.99. The molecule has 1 heterocycles. The van der Waals surface area contributed by atoms with Crippen LogP contribution >= 0.6 is 0 Å². The lowest BCUT2D eigenvalue weighted by molar-refractivity contribution is -0.305. The Morgan fingerprint density at radius 3 is 1.08 bits per heavy atom. The molecule has 1 fully saturated rings. The van der Waals surface area contributed by atoms with Crippen LogP contribution in [0.15, 0.2) is 0 Å². The number of carbonyl (C=O) groups is 1. The molecule has 0 bridgehead atoms. The highest BCUT2D eigenvalue weighted by Crippen LogP contribution is 2.23. The molecule has 0 spiro atoms. The second-order valence-electron chi connectivity index (χ2n) is 20.5. The van der Waals surface area contributed by atoms with Gasteiger partial charge in [-0.05, 0) is 12.8 Å². The minimum Gasteiger partial charge on any atom is -0.457 e. The van der Waals surface area contributed by atoms with Crippen molar-refractivity contribution in [3.8, 4) is 0 Å². The average Bonchev–Trinajstić information content (AvgIpc) is 3.32. The molecule has 66 heavy (non-hydrogen) atoms. The maximum atomic E-state index is 12.9. The molecule has 9 nitrogen and oxygen atoms in total. The number of unbranched alkanes of at least 4 members (excludes halogenated alkanes) is 41. The maximum Gasteiger partial charge on any atom is 0.306 e. The molecule has 0 aromatic carbocycles. The number of hydrogen-bond acceptors (Lipinski definition) is 9. The fourth-order valence-electron chi connectivity index (χ4n) is 9.50. The Kier molecular flexibility index (Phi) is 47.1. The molecular formula is C57H112O9. The summed E-state index contributed by atoms with van der Waals surface area (Å²) >= 11 is 0. The van der Waals surface area contributed by atoms with E-state index in [9.17, 15) is 25.2 Å². The van der Waals surface area contributed by atoms with Crippen LogP contribution in [0.4, 0.5) is 0 Å². The second kappa shape index (κ2) is 49.2. The Morgan fingerprint density at radius 1 is 0.424 bits per heavy atom. The van der Waals surface area contributed by atoms with Crippen molar-refractivity contribution in [1.82, 2.24) is 0 Å². The molecule has 1 rings (SSSR count). The van der Waals surface area contributed by atoms with E-state index in [1.54, 1.807) is 0 Å². The molecule has 0 aliphatic carbocycles.